The van der Waals surface area contributed by atoms with Crippen LogP contribution in [0.5, 0.6) is 0 Å². The maximum Gasteiger partial charge on any atom is 0.0401 e. The highest BCUT2D eigenvalue weighted by molar-refractivity contribution is 5.22. The second kappa shape index (κ2) is 6.71. The van der Waals surface area contributed by atoms with E-state index in [2.05, 4.69) is 86.5 Å². The minimum Gasteiger partial charge on any atom is -0.297 e. The van der Waals surface area contributed by atoms with Crippen LogP contribution in [0.2, 0.25) is 0 Å². The van der Waals surface area contributed by atoms with Crippen LogP contribution in [0.25, 0.3) is 0 Å². The van der Waals surface area contributed by atoms with Crippen molar-refractivity contribution in [2.45, 2.75) is 32.2 Å². The van der Waals surface area contributed by atoms with Gasteiger partial charge in [0.25, 0.3) is 0 Å². The zero-order valence-corrected chi connectivity index (χ0v) is 12.8. The maximum absolute atomic E-state index is 2.45. The van der Waals surface area contributed by atoms with Gasteiger partial charge in [-0.2, -0.15) is 0 Å². The first kappa shape index (κ1) is 14.8. The molecule has 2 rings (SSSR count). The number of rotatable bonds is 6. The van der Waals surface area contributed by atoms with E-state index in [1.54, 1.807) is 0 Å². The van der Waals surface area contributed by atoms with Gasteiger partial charge in [-0.1, -0.05) is 60.7 Å². The molecule has 0 saturated heterocycles. The summed E-state index contributed by atoms with van der Waals surface area (Å²) < 4.78 is 0. The summed E-state index contributed by atoms with van der Waals surface area (Å²) in [6.45, 7) is 5.70. The zero-order chi connectivity index (χ0) is 14.4. The second-order valence-electron chi connectivity index (χ2n) is 5.94. The first-order valence-electron chi connectivity index (χ1n) is 7.41. The Morgan fingerprint density at radius 3 is 2.00 bits per heavy atom. The Labute approximate surface area is 123 Å². The summed E-state index contributed by atoms with van der Waals surface area (Å²) in [5.41, 5.74) is 2.89. The fourth-order valence-corrected chi connectivity index (χ4v) is 2.51. The summed E-state index contributed by atoms with van der Waals surface area (Å²) in [5, 5.41) is 0. The smallest absolute Gasteiger partial charge is 0.0401 e. The van der Waals surface area contributed by atoms with Crippen LogP contribution in [0.3, 0.4) is 0 Å². The molecule has 0 fully saturated rings. The van der Waals surface area contributed by atoms with E-state index < -0.39 is 0 Å². The average Bonchev–Trinajstić information content (AvgIpc) is 2.49. The molecule has 0 N–H and O–H groups in total. The summed E-state index contributed by atoms with van der Waals surface area (Å²) in [4.78, 5) is 2.45. The van der Waals surface area contributed by atoms with Crippen LogP contribution in [0.4, 0.5) is 0 Å². The van der Waals surface area contributed by atoms with E-state index >= 15 is 0 Å². The standard InChI is InChI=1S/C19H25N/c1-19(2,18-14-8-5-9-15-18)20(3)16-10-13-17-11-6-4-7-12-17/h4-9,11-12,14-15H,10,13,16H2,1-3H3. The average molecular weight is 267 g/mol. The van der Waals surface area contributed by atoms with Gasteiger partial charge in [-0.05, 0) is 51.4 Å². The molecular weight excluding hydrogens is 242 g/mol. The third-order valence-corrected chi connectivity index (χ3v) is 4.24. The molecule has 2 aromatic rings. The minimum absolute atomic E-state index is 0.0813. The molecule has 0 radical (unpaired) electrons. The first-order valence-corrected chi connectivity index (χ1v) is 7.41. The van der Waals surface area contributed by atoms with Crippen LogP contribution >= 0.6 is 0 Å². The minimum atomic E-state index is 0.0813. The Morgan fingerprint density at radius 2 is 1.40 bits per heavy atom. The van der Waals surface area contributed by atoms with Crippen LogP contribution in [0, 0.1) is 0 Å². The predicted octanol–water partition coefficient (Wildman–Crippen LogP) is 4.49. The molecule has 0 bridgehead atoms. The highest BCUT2D eigenvalue weighted by Gasteiger charge is 2.24. The molecule has 0 unspecified atom stereocenters. The van der Waals surface area contributed by atoms with Crippen LogP contribution in [0.15, 0.2) is 60.7 Å². The van der Waals surface area contributed by atoms with E-state index in [1.165, 1.54) is 17.5 Å². The predicted molar refractivity (Wildman–Crippen MR) is 86.9 cm³/mol. The lowest BCUT2D eigenvalue weighted by molar-refractivity contribution is 0.155. The molecule has 0 spiro atoms. The van der Waals surface area contributed by atoms with Crippen LogP contribution in [-0.4, -0.2) is 18.5 Å². The molecule has 0 aliphatic rings. The fraction of sp³-hybridized carbons (Fsp3) is 0.368. The SMILES string of the molecule is CN(CCCc1ccccc1)C(C)(C)c1ccccc1. The number of hydrogen-bond donors (Lipinski definition) is 0. The quantitative estimate of drug-likeness (QED) is 0.745. The van der Waals surface area contributed by atoms with E-state index in [1.807, 2.05) is 0 Å². The van der Waals surface area contributed by atoms with Crippen LogP contribution in [0.1, 0.15) is 31.4 Å². The van der Waals surface area contributed by atoms with Crippen molar-refractivity contribution in [3.8, 4) is 0 Å². The summed E-state index contributed by atoms with van der Waals surface area (Å²) in [6.07, 6.45) is 2.34. The van der Waals surface area contributed by atoms with Crippen molar-refractivity contribution in [1.29, 1.82) is 0 Å². The Hall–Kier alpha value is -1.60. The van der Waals surface area contributed by atoms with Gasteiger partial charge in [0.05, 0.1) is 0 Å². The van der Waals surface area contributed by atoms with Gasteiger partial charge in [0.15, 0.2) is 0 Å². The van der Waals surface area contributed by atoms with E-state index in [0.717, 1.165) is 13.0 Å². The van der Waals surface area contributed by atoms with Crippen LogP contribution < -0.4 is 0 Å². The van der Waals surface area contributed by atoms with E-state index in [-0.39, 0.29) is 5.54 Å². The Bertz CT molecular complexity index is 502. The molecule has 0 atom stereocenters. The highest BCUT2D eigenvalue weighted by Crippen LogP contribution is 2.26. The van der Waals surface area contributed by atoms with Crippen molar-refractivity contribution in [2.24, 2.45) is 0 Å². The third-order valence-electron chi connectivity index (χ3n) is 4.24. The molecule has 106 valence electrons. The lowest BCUT2D eigenvalue weighted by Crippen LogP contribution is -2.39. The molecule has 0 amide bonds. The van der Waals surface area contributed by atoms with Gasteiger partial charge in [-0.25, -0.2) is 0 Å². The van der Waals surface area contributed by atoms with Crippen molar-refractivity contribution in [3.63, 3.8) is 0 Å². The van der Waals surface area contributed by atoms with Gasteiger partial charge < -0.3 is 0 Å². The molecule has 2 aromatic carbocycles. The molecule has 1 nitrogen and oxygen atoms in total. The molecule has 0 aromatic heterocycles. The van der Waals surface area contributed by atoms with Crippen molar-refractivity contribution < 1.29 is 0 Å². The Morgan fingerprint density at radius 1 is 0.850 bits per heavy atom. The van der Waals surface area contributed by atoms with Gasteiger partial charge in [0.2, 0.25) is 0 Å². The van der Waals surface area contributed by atoms with Gasteiger partial charge in [-0.3, -0.25) is 4.90 Å². The van der Waals surface area contributed by atoms with Gasteiger partial charge in [0.1, 0.15) is 0 Å². The fourth-order valence-electron chi connectivity index (χ4n) is 2.51. The number of hydrogen-bond acceptors (Lipinski definition) is 1. The molecule has 20 heavy (non-hydrogen) atoms. The van der Waals surface area contributed by atoms with Gasteiger partial charge >= 0.3 is 0 Å². The topological polar surface area (TPSA) is 3.24 Å². The Balaban J connectivity index is 1.90. The summed E-state index contributed by atoms with van der Waals surface area (Å²) in [5.74, 6) is 0. The van der Waals surface area contributed by atoms with E-state index in [9.17, 15) is 0 Å². The number of nitrogens with zero attached hydrogens (tertiary/aromatic N) is 1. The van der Waals surface area contributed by atoms with E-state index in [0.29, 0.717) is 0 Å². The lowest BCUT2D eigenvalue weighted by atomic mass is 9.92. The third kappa shape index (κ3) is 3.71. The van der Waals surface area contributed by atoms with E-state index in [4.69, 9.17) is 0 Å². The molecular formula is C19H25N. The van der Waals surface area contributed by atoms with Crippen molar-refractivity contribution in [2.75, 3.05) is 13.6 Å². The molecule has 0 aliphatic carbocycles. The molecule has 1 heteroatoms. The summed E-state index contributed by atoms with van der Waals surface area (Å²) in [7, 11) is 2.22. The number of aryl methyl sites for hydroxylation is 1. The highest BCUT2D eigenvalue weighted by atomic mass is 15.2. The zero-order valence-electron chi connectivity index (χ0n) is 12.8. The van der Waals surface area contributed by atoms with Gasteiger partial charge in [0, 0.05) is 5.54 Å². The lowest BCUT2D eigenvalue weighted by Gasteiger charge is -2.36. The van der Waals surface area contributed by atoms with Crippen molar-refractivity contribution in [3.05, 3.63) is 71.8 Å². The molecule has 0 saturated carbocycles. The largest absolute Gasteiger partial charge is 0.297 e. The van der Waals surface area contributed by atoms with Crippen LogP contribution in [-0.2, 0) is 12.0 Å². The maximum atomic E-state index is 2.45. The normalized spacial score (nSPS) is 11.8. The van der Waals surface area contributed by atoms with Crippen molar-refractivity contribution in [1.82, 2.24) is 4.90 Å². The number of benzene rings is 2. The molecule has 0 aliphatic heterocycles. The Kier molecular flexibility index (Phi) is 4.97. The monoisotopic (exact) mass is 267 g/mol. The molecule has 0 heterocycles. The summed E-state index contributed by atoms with van der Waals surface area (Å²) >= 11 is 0. The second-order valence-corrected chi connectivity index (χ2v) is 5.94. The summed E-state index contributed by atoms with van der Waals surface area (Å²) in [6, 6.07) is 21.5. The first-order chi connectivity index (χ1) is 9.60. The van der Waals surface area contributed by atoms with Crippen molar-refractivity contribution >= 4 is 0 Å². The van der Waals surface area contributed by atoms with Gasteiger partial charge in [-0.15, -0.1) is 0 Å².